The zero-order chi connectivity index (χ0) is 21.5. The van der Waals surface area contributed by atoms with Gasteiger partial charge in [-0.1, -0.05) is 42.5 Å². The number of rotatable bonds is 8. The van der Waals surface area contributed by atoms with Gasteiger partial charge >= 0.3 is 0 Å². The third-order valence-electron chi connectivity index (χ3n) is 5.62. The highest BCUT2D eigenvalue weighted by molar-refractivity contribution is 5.93. The van der Waals surface area contributed by atoms with Crippen LogP contribution in [0.4, 0.5) is 5.69 Å². The smallest absolute Gasteiger partial charge is 0.238 e. The molecule has 1 amide bonds. The number of carbonyl (C=O) groups is 1. The molecule has 1 N–H and O–H groups in total. The molecule has 3 aromatic rings. The minimum atomic E-state index is -0.0103. The number of nitrogens with one attached hydrogen (secondary N) is 1. The van der Waals surface area contributed by atoms with Crippen LogP contribution in [0.1, 0.15) is 0 Å². The van der Waals surface area contributed by atoms with Crippen LogP contribution in [0.25, 0.3) is 11.4 Å². The van der Waals surface area contributed by atoms with E-state index in [1.165, 1.54) is 0 Å². The fourth-order valence-electron chi connectivity index (χ4n) is 3.90. The summed E-state index contributed by atoms with van der Waals surface area (Å²) in [4.78, 5) is 21.6. The second-order valence-electron chi connectivity index (χ2n) is 7.68. The molecule has 7 nitrogen and oxygen atoms in total. The molecule has 0 bridgehead atoms. The van der Waals surface area contributed by atoms with Crippen molar-refractivity contribution in [3.63, 3.8) is 0 Å². The number of hydrogen-bond acceptors (Lipinski definition) is 5. The summed E-state index contributed by atoms with van der Waals surface area (Å²) in [7, 11) is 1.61. The first-order valence-corrected chi connectivity index (χ1v) is 10.7. The number of carbonyl (C=O) groups excluding carboxylic acids is 1. The Labute approximate surface area is 183 Å². The van der Waals surface area contributed by atoms with Crippen LogP contribution in [0.3, 0.4) is 0 Å². The van der Waals surface area contributed by atoms with Crippen molar-refractivity contribution in [2.45, 2.75) is 6.54 Å². The molecule has 0 saturated carbocycles. The number of aromatic nitrogens is 2. The Morgan fingerprint density at radius 2 is 1.68 bits per heavy atom. The van der Waals surface area contributed by atoms with Gasteiger partial charge in [-0.05, 0) is 12.1 Å². The maximum absolute atomic E-state index is 12.5. The molecule has 162 valence electrons. The summed E-state index contributed by atoms with van der Waals surface area (Å²) in [6, 6.07) is 17.8. The second-order valence-corrected chi connectivity index (χ2v) is 7.68. The lowest BCUT2D eigenvalue weighted by atomic mass is 10.2. The molecule has 31 heavy (non-hydrogen) atoms. The number of imidazole rings is 1. The Morgan fingerprint density at radius 3 is 2.45 bits per heavy atom. The van der Waals surface area contributed by atoms with E-state index in [-0.39, 0.29) is 5.91 Å². The van der Waals surface area contributed by atoms with Crippen LogP contribution in [-0.2, 0) is 11.3 Å². The van der Waals surface area contributed by atoms with Crippen LogP contribution in [-0.4, -0.2) is 71.6 Å². The average Bonchev–Trinajstić information content (AvgIpc) is 3.28. The first-order chi connectivity index (χ1) is 15.2. The standard InChI is InChI=1S/C24H29N5O2/c1-31-22-10-6-5-9-21(22)26-23(30)19-28-15-13-27(14-16-28)17-18-29-12-11-25-24(29)20-7-3-2-4-8-20/h2-12H,13-19H2,1H3,(H,26,30). The van der Waals surface area contributed by atoms with Crippen molar-refractivity contribution in [3.8, 4) is 17.1 Å². The van der Waals surface area contributed by atoms with E-state index in [0.29, 0.717) is 18.0 Å². The minimum absolute atomic E-state index is 0.0103. The summed E-state index contributed by atoms with van der Waals surface area (Å²) < 4.78 is 7.51. The number of methoxy groups -OCH3 is 1. The molecular formula is C24H29N5O2. The number of benzene rings is 2. The number of anilines is 1. The molecule has 1 fully saturated rings. The molecule has 0 atom stereocenters. The molecule has 2 heterocycles. The van der Waals surface area contributed by atoms with Crippen molar-refractivity contribution in [1.29, 1.82) is 0 Å². The van der Waals surface area contributed by atoms with Gasteiger partial charge in [0.05, 0.1) is 19.3 Å². The van der Waals surface area contributed by atoms with Gasteiger partial charge in [0.2, 0.25) is 5.91 Å². The first kappa shape index (κ1) is 21.1. The monoisotopic (exact) mass is 419 g/mol. The number of piperazine rings is 1. The summed E-state index contributed by atoms with van der Waals surface area (Å²) in [6.07, 6.45) is 3.90. The molecule has 2 aromatic carbocycles. The van der Waals surface area contributed by atoms with Gasteiger partial charge in [0.15, 0.2) is 0 Å². The summed E-state index contributed by atoms with van der Waals surface area (Å²) >= 11 is 0. The number of amides is 1. The second kappa shape index (κ2) is 10.2. The van der Waals surface area contributed by atoms with E-state index in [4.69, 9.17) is 4.74 Å². The largest absolute Gasteiger partial charge is 0.495 e. The Morgan fingerprint density at radius 1 is 0.968 bits per heavy atom. The molecule has 0 unspecified atom stereocenters. The molecule has 1 aromatic heterocycles. The van der Waals surface area contributed by atoms with Gasteiger partial charge in [0, 0.05) is 57.2 Å². The fourth-order valence-corrected chi connectivity index (χ4v) is 3.90. The zero-order valence-corrected chi connectivity index (χ0v) is 17.9. The molecular weight excluding hydrogens is 390 g/mol. The van der Waals surface area contributed by atoms with Gasteiger partial charge in [-0.3, -0.25) is 14.6 Å². The first-order valence-electron chi connectivity index (χ1n) is 10.7. The number of nitrogens with zero attached hydrogens (tertiary/aromatic N) is 4. The number of ether oxygens (including phenoxy) is 1. The van der Waals surface area contributed by atoms with Gasteiger partial charge in [-0.15, -0.1) is 0 Å². The van der Waals surface area contributed by atoms with E-state index in [9.17, 15) is 4.79 Å². The summed E-state index contributed by atoms with van der Waals surface area (Å²) in [5.74, 6) is 1.67. The highest BCUT2D eigenvalue weighted by Gasteiger charge is 2.19. The van der Waals surface area contributed by atoms with Gasteiger partial charge in [-0.2, -0.15) is 0 Å². The maximum Gasteiger partial charge on any atom is 0.238 e. The Balaban J connectivity index is 1.23. The van der Waals surface area contributed by atoms with E-state index in [1.807, 2.05) is 54.9 Å². The fraction of sp³-hybridized carbons (Fsp3) is 0.333. The van der Waals surface area contributed by atoms with Gasteiger partial charge in [-0.25, -0.2) is 4.98 Å². The Hall–Kier alpha value is -3.16. The van der Waals surface area contributed by atoms with E-state index in [1.54, 1.807) is 7.11 Å². The van der Waals surface area contributed by atoms with Crippen molar-refractivity contribution in [2.75, 3.05) is 51.7 Å². The Bertz CT molecular complexity index is 980. The predicted molar refractivity (Wildman–Crippen MR) is 122 cm³/mol. The van der Waals surface area contributed by atoms with Crippen LogP contribution in [0.15, 0.2) is 67.0 Å². The van der Waals surface area contributed by atoms with Gasteiger partial charge in [0.1, 0.15) is 11.6 Å². The molecule has 7 heteroatoms. The Kier molecular flexibility index (Phi) is 6.96. The average molecular weight is 420 g/mol. The van der Waals surface area contributed by atoms with Gasteiger partial charge in [0.25, 0.3) is 0 Å². The SMILES string of the molecule is COc1ccccc1NC(=O)CN1CCN(CCn2ccnc2-c2ccccc2)CC1. The predicted octanol–water partition coefficient (Wildman–Crippen LogP) is 2.82. The van der Waals surface area contributed by atoms with Crippen molar-refractivity contribution in [1.82, 2.24) is 19.4 Å². The van der Waals surface area contributed by atoms with E-state index < -0.39 is 0 Å². The normalized spacial score (nSPS) is 15.0. The summed E-state index contributed by atoms with van der Waals surface area (Å²) in [6.45, 7) is 5.94. The van der Waals surface area contributed by atoms with Crippen LogP contribution < -0.4 is 10.1 Å². The third kappa shape index (κ3) is 5.51. The quantitative estimate of drug-likeness (QED) is 0.608. The third-order valence-corrected chi connectivity index (χ3v) is 5.62. The molecule has 4 rings (SSSR count). The van der Waals surface area contributed by atoms with Crippen LogP contribution >= 0.6 is 0 Å². The molecule has 0 aliphatic carbocycles. The molecule has 0 radical (unpaired) electrons. The molecule has 1 aliphatic rings. The van der Waals surface area contributed by atoms with Crippen molar-refractivity contribution >= 4 is 11.6 Å². The van der Waals surface area contributed by atoms with Crippen LogP contribution in [0.2, 0.25) is 0 Å². The lowest BCUT2D eigenvalue weighted by molar-refractivity contribution is -0.117. The minimum Gasteiger partial charge on any atom is -0.495 e. The van der Waals surface area contributed by atoms with Crippen LogP contribution in [0.5, 0.6) is 5.75 Å². The highest BCUT2D eigenvalue weighted by Crippen LogP contribution is 2.23. The summed E-state index contributed by atoms with van der Waals surface area (Å²) in [5.41, 5.74) is 1.85. The van der Waals surface area contributed by atoms with E-state index in [0.717, 1.165) is 50.7 Å². The zero-order valence-electron chi connectivity index (χ0n) is 17.9. The topological polar surface area (TPSA) is 62.6 Å². The van der Waals surface area contributed by atoms with Crippen molar-refractivity contribution in [2.24, 2.45) is 0 Å². The highest BCUT2D eigenvalue weighted by atomic mass is 16.5. The lowest BCUT2D eigenvalue weighted by Gasteiger charge is -2.34. The number of hydrogen-bond donors (Lipinski definition) is 1. The lowest BCUT2D eigenvalue weighted by Crippen LogP contribution is -2.49. The maximum atomic E-state index is 12.5. The van der Waals surface area contributed by atoms with E-state index in [2.05, 4.69) is 36.8 Å². The van der Waals surface area contributed by atoms with E-state index >= 15 is 0 Å². The van der Waals surface area contributed by atoms with Crippen molar-refractivity contribution < 1.29 is 9.53 Å². The molecule has 1 aliphatic heterocycles. The van der Waals surface area contributed by atoms with Gasteiger partial charge < -0.3 is 14.6 Å². The van der Waals surface area contributed by atoms with Crippen LogP contribution in [0, 0.1) is 0 Å². The molecule has 0 spiro atoms. The summed E-state index contributed by atoms with van der Waals surface area (Å²) in [5, 5.41) is 2.96. The molecule has 1 saturated heterocycles. The number of para-hydroxylation sites is 2. The van der Waals surface area contributed by atoms with Crippen molar-refractivity contribution in [3.05, 3.63) is 67.0 Å².